The number of carbonyl (C=O) groups is 1. The molecule has 29 heavy (non-hydrogen) atoms. The van der Waals surface area contributed by atoms with Crippen LogP contribution >= 0.6 is 11.3 Å². The van der Waals surface area contributed by atoms with Gasteiger partial charge in [0.15, 0.2) is 10.9 Å². The lowest BCUT2D eigenvalue weighted by Gasteiger charge is -2.22. The molecule has 3 aromatic rings. The summed E-state index contributed by atoms with van der Waals surface area (Å²) < 4.78 is 27.8. The SMILES string of the molecule is CN(C)CCN(C(=O)Cc1ccc([N+](=O)[O-])cc1)c1nc2c(F)cc(F)cc2s1. The number of carbonyl (C=O) groups excluding carboxylic acids is 1. The minimum atomic E-state index is -0.780. The smallest absolute Gasteiger partial charge is 0.269 e. The van der Waals surface area contributed by atoms with E-state index < -0.39 is 16.6 Å². The number of rotatable bonds is 7. The Hall–Kier alpha value is -2.98. The maximum absolute atomic E-state index is 14.0. The molecule has 0 atom stereocenters. The van der Waals surface area contributed by atoms with Crippen molar-refractivity contribution >= 4 is 38.3 Å². The average Bonchev–Trinajstić information content (AvgIpc) is 3.06. The molecular formula is C19H18F2N4O3S. The van der Waals surface area contributed by atoms with Crippen molar-refractivity contribution in [1.82, 2.24) is 9.88 Å². The summed E-state index contributed by atoms with van der Waals surface area (Å²) in [5.74, 6) is -1.78. The molecule has 7 nitrogen and oxygen atoms in total. The van der Waals surface area contributed by atoms with Crippen LogP contribution in [0.2, 0.25) is 0 Å². The van der Waals surface area contributed by atoms with Crippen molar-refractivity contribution in [1.29, 1.82) is 0 Å². The number of nitro groups is 1. The Morgan fingerprint density at radius 3 is 2.48 bits per heavy atom. The van der Waals surface area contributed by atoms with Crippen LogP contribution in [0.15, 0.2) is 36.4 Å². The number of hydrogen-bond acceptors (Lipinski definition) is 6. The van der Waals surface area contributed by atoms with Gasteiger partial charge in [-0.25, -0.2) is 13.8 Å². The second-order valence-corrected chi connectivity index (χ2v) is 7.69. The number of hydrogen-bond donors (Lipinski definition) is 0. The number of halogens is 2. The highest BCUT2D eigenvalue weighted by atomic mass is 32.1. The van der Waals surface area contributed by atoms with Crippen LogP contribution in [-0.2, 0) is 11.2 Å². The molecule has 0 spiro atoms. The molecule has 1 aromatic heterocycles. The molecular weight excluding hydrogens is 402 g/mol. The van der Waals surface area contributed by atoms with E-state index in [0.717, 1.165) is 17.4 Å². The van der Waals surface area contributed by atoms with E-state index in [9.17, 15) is 23.7 Å². The summed E-state index contributed by atoms with van der Waals surface area (Å²) in [5.41, 5.74) is 0.563. The average molecular weight is 420 g/mol. The predicted molar refractivity (Wildman–Crippen MR) is 107 cm³/mol. The summed E-state index contributed by atoms with van der Waals surface area (Å²) in [6, 6.07) is 7.66. The van der Waals surface area contributed by atoms with E-state index in [1.54, 1.807) is 0 Å². The van der Waals surface area contributed by atoms with Crippen molar-refractivity contribution < 1.29 is 18.5 Å². The summed E-state index contributed by atoms with van der Waals surface area (Å²) in [4.78, 5) is 30.7. The van der Waals surface area contributed by atoms with E-state index in [-0.39, 0.29) is 28.7 Å². The Balaban J connectivity index is 1.89. The number of nitro benzene ring substituents is 1. The first-order chi connectivity index (χ1) is 13.7. The molecule has 0 N–H and O–H groups in total. The fourth-order valence-corrected chi connectivity index (χ4v) is 3.74. The topological polar surface area (TPSA) is 79.6 Å². The third kappa shape index (κ3) is 4.90. The molecule has 0 aliphatic carbocycles. The molecule has 0 fully saturated rings. The summed E-state index contributed by atoms with van der Waals surface area (Å²) in [6.07, 6.45) is -0.00179. The fraction of sp³-hybridized carbons (Fsp3) is 0.263. The maximum atomic E-state index is 14.0. The molecule has 0 saturated heterocycles. The number of amides is 1. The summed E-state index contributed by atoms with van der Waals surface area (Å²) in [5, 5.41) is 11.1. The van der Waals surface area contributed by atoms with Crippen molar-refractivity contribution in [2.75, 3.05) is 32.1 Å². The van der Waals surface area contributed by atoms with Gasteiger partial charge in [0.2, 0.25) is 5.91 Å². The number of nitrogens with zero attached hydrogens (tertiary/aromatic N) is 4. The Kier molecular flexibility index (Phi) is 6.14. The molecule has 1 heterocycles. The van der Waals surface area contributed by atoms with E-state index >= 15 is 0 Å². The van der Waals surface area contributed by atoms with Crippen LogP contribution in [0.3, 0.4) is 0 Å². The van der Waals surface area contributed by atoms with Gasteiger partial charge in [-0.15, -0.1) is 0 Å². The predicted octanol–water partition coefficient (Wildman–Crippen LogP) is 3.62. The van der Waals surface area contributed by atoms with Gasteiger partial charge in [-0.1, -0.05) is 23.5 Å². The molecule has 1 amide bonds. The molecule has 0 bridgehead atoms. The Morgan fingerprint density at radius 2 is 1.86 bits per heavy atom. The van der Waals surface area contributed by atoms with Crippen molar-refractivity contribution in [3.8, 4) is 0 Å². The summed E-state index contributed by atoms with van der Waals surface area (Å²) in [7, 11) is 3.71. The first-order valence-corrected chi connectivity index (χ1v) is 9.50. The second kappa shape index (κ2) is 8.58. The summed E-state index contributed by atoms with van der Waals surface area (Å²) >= 11 is 1.04. The molecule has 0 aliphatic rings. The monoisotopic (exact) mass is 420 g/mol. The normalized spacial score (nSPS) is 11.2. The third-order valence-electron chi connectivity index (χ3n) is 4.21. The van der Waals surface area contributed by atoms with E-state index in [0.29, 0.717) is 23.4 Å². The molecule has 0 saturated carbocycles. The van der Waals surface area contributed by atoms with E-state index in [1.165, 1.54) is 35.2 Å². The number of likely N-dealkylation sites (N-methyl/N-ethyl adjacent to an activating group) is 1. The molecule has 0 unspecified atom stereocenters. The van der Waals surface area contributed by atoms with Gasteiger partial charge in [-0.05, 0) is 25.7 Å². The molecule has 0 aliphatic heterocycles. The lowest BCUT2D eigenvalue weighted by Crippen LogP contribution is -2.37. The van der Waals surface area contributed by atoms with Gasteiger partial charge in [0.25, 0.3) is 5.69 Å². The van der Waals surface area contributed by atoms with E-state index in [1.807, 2.05) is 19.0 Å². The molecule has 0 radical (unpaired) electrons. The number of benzene rings is 2. The Morgan fingerprint density at radius 1 is 1.17 bits per heavy atom. The van der Waals surface area contributed by atoms with Crippen LogP contribution in [0.1, 0.15) is 5.56 Å². The first-order valence-electron chi connectivity index (χ1n) is 8.68. The maximum Gasteiger partial charge on any atom is 0.269 e. The summed E-state index contributed by atoms with van der Waals surface area (Å²) in [6.45, 7) is 0.849. The zero-order valence-electron chi connectivity index (χ0n) is 15.8. The number of fused-ring (bicyclic) bond motifs is 1. The van der Waals surface area contributed by atoms with Crippen molar-refractivity contribution in [3.63, 3.8) is 0 Å². The Bertz CT molecular complexity index is 1050. The van der Waals surface area contributed by atoms with Gasteiger partial charge in [0, 0.05) is 31.3 Å². The van der Waals surface area contributed by atoms with Crippen molar-refractivity contribution in [2.45, 2.75) is 6.42 Å². The van der Waals surface area contributed by atoms with Crippen LogP contribution in [-0.4, -0.2) is 47.9 Å². The number of aromatic nitrogens is 1. The van der Waals surface area contributed by atoms with Crippen molar-refractivity contribution in [3.05, 3.63) is 63.7 Å². The molecule has 3 rings (SSSR count). The molecule has 152 valence electrons. The van der Waals surface area contributed by atoms with Gasteiger partial charge in [0.05, 0.1) is 16.0 Å². The largest absolute Gasteiger partial charge is 0.308 e. The minimum absolute atomic E-state index is 0.00179. The number of thiazole rings is 1. The van der Waals surface area contributed by atoms with Crippen molar-refractivity contribution in [2.24, 2.45) is 0 Å². The fourth-order valence-electron chi connectivity index (χ4n) is 2.69. The van der Waals surface area contributed by atoms with Gasteiger partial charge in [-0.2, -0.15) is 0 Å². The minimum Gasteiger partial charge on any atom is -0.308 e. The molecule has 2 aromatic carbocycles. The zero-order chi connectivity index (χ0) is 21.1. The highest BCUT2D eigenvalue weighted by Gasteiger charge is 2.22. The number of non-ortho nitro benzene ring substituents is 1. The van der Waals surface area contributed by atoms with Crippen LogP contribution in [0, 0.1) is 21.7 Å². The van der Waals surface area contributed by atoms with Gasteiger partial charge >= 0.3 is 0 Å². The third-order valence-corrected chi connectivity index (χ3v) is 5.23. The van der Waals surface area contributed by atoms with Crippen LogP contribution in [0.25, 0.3) is 10.2 Å². The zero-order valence-corrected chi connectivity index (χ0v) is 16.6. The highest BCUT2D eigenvalue weighted by molar-refractivity contribution is 7.22. The van der Waals surface area contributed by atoms with Crippen LogP contribution < -0.4 is 4.90 Å². The van der Waals surface area contributed by atoms with Crippen LogP contribution in [0.5, 0.6) is 0 Å². The standard InChI is InChI=1S/C19H18F2N4O3S/c1-23(2)7-8-24(17(26)9-12-3-5-14(6-4-12)25(27)28)19-22-18-15(21)10-13(20)11-16(18)29-19/h3-6,10-11H,7-9H2,1-2H3. The van der Waals surface area contributed by atoms with E-state index in [4.69, 9.17) is 0 Å². The van der Waals surface area contributed by atoms with Gasteiger partial charge < -0.3 is 4.90 Å². The lowest BCUT2D eigenvalue weighted by atomic mass is 10.1. The van der Waals surface area contributed by atoms with Gasteiger partial charge in [-0.3, -0.25) is 19.8 Å². The lowest BCUT2D eigenvalue weighted by molar-refractivity contribution is -0.384. The van der Waals surface area contributed by atoms with Crippen LogP contribution in [0.4, 0.5) is 19.6 Å². The van der Waals surface area contributed by atoms with Gasteiger partial charge in [0.1, 0.15) is 11.3 Å². The molecule has 10 heteroatoms. The quantitative estimate of drug-likeness (QED) is 0.431. The van der Waals surface area contributed by atoms with E-state index in [2.05, 4.69) is 4.98 Å². The second-order valence-electron chi connectivity index (χ2n) is 6.68. The number of anilines is 1. The highest BCUT2D eigenvalue weighted by Crippen LogP contribution is 2.31. The first kappa shape index (κ1) is 20.7. The Labute approximate surface area is 169 Å².